The first kappa shape index (κ1) is 10.4. The van der Waals surface area contributed by atoms with Crippen LogP contribution < -0.4 is 0 Å². The van der Waals surface area contributed by atoms with Crippen LogP contribution in [0.2, 0.25) is 0 Å². The van der Waals surface area contributed by atoms with E-state index in [1.165, 1.54) is 25.7 Å². The summed E-state index contributed by atoms with van der Waals surface area (Å²) in [6, 6.07) is 0. The Morgan fingerprint density at radius 1 is 1.60 bits per heavy atom. The number of H-pyrrole nitrogens is 1. The van der Waals surface area contributed by atoms with Crippen LogP contribution in [0.3, 0.4) is 0 Å². The van der Waals surface area contributed by atoms with Crippen molar-refractivity contribution in [1.29, 1.82) is 0 Å². The molecule has 1 aliphatic rings. The molecular weight excluding hydrogens is 188 g/mol. The highest BCUT2D eigenvalue weighted by Crippen LogP contribution is 2.38. The first-order chi connectivity index (χ1) is 7.20. The third-order valence-corrected chi connectivity index (χ3v) is 3.48. The van der Waals surface area contributed by atoms with Gasteiger partial charge in [0.25, 0.3) is 0 Å². The van der Waals surface area contributed by atoms with Gasteiger partial charge in [-0.1, -0.05) is 13.3 Å². The zero-order valence-corrected chi connectivity index (χ0v) is 9.42. The third-order valence-electron chi connectivity index (χ3n) is 3.48. The molecule has 1 fully saturated rings. The molecule has 3 nitrogen and oxygen atoms in total. The number of ketones is 1. The zero-order valence-electron chi connectivity index (χ0n) is 9.42. The lowest BCUT2D eigenvalue weighted by Crippen LogP contribution is -1.98. The van der Waals surface area contributed by atoms with Gasteiger partial charge in [0.1, 0.15) is 11.5 Å². The third kappa shape index (κ3) is 2.11. The average Bonchev–Trinajstić information content (AvgIpc) is 2.86. The molecule has 0 amide bonds. The summed E-state index contributed by atoms with van der Waals surface area (Å²) in [7, 11) is 0. The monoisotopic (exact) mass is 206 g/mol. The number of Topliss-reactive ketones (excluding diaryl/α,β-unsaturated/α-hetero) is 1. The number of aromatic nitrogens is 2. The molecule has 2 rings (SSSR count). The maximum atomic E-state index is 11.1. The fraction of sp³-hybridized carbons (Fsp3) is 0.667. The van der Waals surface area contributed by atoms with Crippen LogP contribution in [0, 0.1) is 5.92 Å². The van der Waals surface area contributed by atoms with E-state index in [4.69, 9.17) is 0 Å². The van der Waals surface area contributed by atoms with Gasteiger partial charge < -0.3 is 4.98 Å². The largest absolute Gasteiger partial charge is 0.339 e. The van der Waals surface area contributed by atoms with Gasteiger partial charge in [-0.15, -0.1) is 0 Å². The van der Waals surface area contributed by atoms with Crippen LogP contribution in [-0.4, -0.2) is 15.8 Å². The SMILES string of the molecule is CCC1CCC(c2ncc(C(C)=O)[nH]2)C1. The van der Waals surface area contributed by atoms with E-state index in [1.807, 2.05) is 0 Å². The van der Waals surface area contributed by atoms with Crippen molar-refractivity contribution in [3.05, 3.63) is 17.7 Å². The van der Waals surface area contributed by atoms with Crippen LogP contribution >= 0.6 is 0 Å². The minimum Gasteiger partial charge on any atom is -0.339 e. The summed E-state index contributed by atoms with van der Waals surface area (Å²) < 4.78 is 0. The highest BCUT2D eigenvalue weighted by atomic mass is 16.1. The van der Waals surface area contributed by atoms with Gasteiger partial charge in [0.15, 0.2) is 5.78 Å². The molecule has 1 saturated carbocycles. The van der Waals surface area contributed by atoms with E-state index in [1.54, 1.807) is 13.1 Å². The molecule has 1 aliphatic carbocycles. The summed E-state index contributed by atoms with van der Waals surface area (Å²) >= 11 is 0. The predicted octanol–water partition coefficient (Wildman–Crippen LogP) is 2.91. The minimum atomic E-state index is 0.0683. The maximum absolute atomic E-state index is 11.1. The van der Waals surface area contributed by atoms with E-state index in [0.717, 1.165) is 11.7 Å². The Bertz CT molecular complexity index is 356. The summed E-state index contributed by atoms with van der Waals surface area (Å²) in [5.41, 5.74) is 0.643. The van der Waals surface area contributed by atoms with Crippen molar-refractivity contribution < 1.29 is 4.79 Å². The van der Waals surface area contributed by atoms with Crippen molar-refractivity contribution in [2.75, 3.05) is 0 Å². The smallest absolute Gasteiger partial charge is 0.177 e. The Kier molecular flexibility index (Phi) is 2.89. The Balaban J connectivity index is 2.07. The quantitative estimate of drug-likeness (QED) is 0.773. The lowest BCUT2D eigenvalue weighted by atomic mass is 10.0. The van der Waals surface area contributed by atoms with Crippen molar-refractivity contribution in [1.82, 2.24) is 9.97 Å². The Morgan fingerprint density at radius 3 is 2.93 bits per heavy atom. The molecule has 1 aromatic rings. The van der Waals surface area contributed by atoms with Crippen molar-refractivity contribution in [2.24, 2.45) is 5.92 Å². The summed E-state index contributed by atoms with van der Waals surface area (Å²) in [6.07, 6.45) is 6.66. The number of aromatic amines is 1. The van der Waals surface area contributed by atoms with Crippen LogP contribution in [0.15, 0.2) is 6.20 Å². The van der Waals surface area contributed by atoms with Crippen LogP contribution in [-0.2, 0) is 0 Å². The average molecular weight is 206 g/mol. The molecule has 0 saturated heterocycles. The molecule has 82 valence electrons. The molecule has 2 unspecified atom stereocenters. The minimum absolute atomic E-state index is 0.0683. The number of hydrogen-bond donors (Lipinski definition) is 1. The standard InChI is InChI=1S/C12H18N2O/c1-3-9-4-5-10(6-9)12-13-7-11(14-12)8(2)15/h7,9-10H,3-6H2,1-2H3,(H,13,14). The Morgan fingerprint density at radius 2 is 2.40 bits per heavy atom. The zero-order chi connectivity index (χ0) is 10.8. The molecule has 1 N–H and O–H groups in total. The first-order valence-corrected chi connectivity index (χ1v) is 5.76. The lowest BCUT2D eigenvalue weighted by molar-refractivity contribution is 0.101. The second-order valence-electron chi connectivity index (χ2n) is 4.52. The number of carbonyl (C=O) groups excluding carboxylic acids is 1. The van der Waals surface area contributed by atoms with Crippen LogP contribution in [0.5, 0.6) is 0 Å². The van der Waals surface area contributed by atoms with Crippen molar-refractivity contribution in [3.8, 4) is 0 Å². The molecule has 1 aromatic heterocycles. The second kappa shape index (κ2) is 4.17. The molecule has 15 heavy (non-hydrogen) atoms. The van der Waals surface area contributed by atoms with E-state index in [0.29, 0.717) is 11.6 Å². The van der Waals surface area contributed by atoms with Gasteiger partial charge in [0.05, 0.1) is 6.20 Å². The maximum Gasteiger partial charge on any atom is 0.177 e. The number of hydrogen-bond acceptors (Lipinski definition) is 2. The topological polar surface area (TPSA) is 45.8 Å². The summed E-state index contributed by atoms with van der Waals surface area (Å²) in [5.74, 6) is 2.47. The van der Waals surface area contributed by atoms with Crippen LogP contribution in [0.1, 0.15) is 61.8 Å². The fourth-order valence-electron chi connectivity index (χ4n) is 2.42. The molecule has 3 heteroatoms. The van der Waals surface area contributed by atoms with Crippen molar-refractivity contribution >= 4 is 5.78 Å². The Hall–Kier alpha value is -1.12. The van der Waals surface area contributed by atoms with Crippen molar-refractivity contribution in [2.45, 2.75) is 45.4 Å². The van der Waals surface area contributed by atoms with Gasteiger partial charge in [-0.3, -0.25) is 4.79 Å². The van der Waals surface area contributed by atoms with E-state index in [2.05, 4.69) is 16.9 Å². The van der Waals surface area contributed by atoms with E-state index < -0.39 is 0 Å². The fourth-order valence-corrected chi connectivity index (χ4v) is 2.42. The first-order valence-electron chi connectivity index (χ1n) is 5.76. The van der Waals surface area contributed by atoms with Gasteiger partial charge in [-0.25, -0.2) is 4.98 Å². The highest BCUT2D eigenvalue weighted by molar-refractivity contribution is 5.91. The molecule has 1 heterocycles. The molecule has 0 bridgehead atoms. The predicted molar refractivity (Wildman–Crippen MR) is 59.0 cm³/mol. The van der Waals surface area contributed by atoms with E-state index in [-0.39, 0.29) is 5.78 Å². The number of nitrogens with one attached hydrogen (secondary N) is 1. The molecule has 0 radical (unpaired) electrons. The van der Waals surface area contributed by atoms with Crippen LogP contribution in [0.4, 0.5) is 0 Å². The second-order valence-corrected chi connectivity index (χ2v) is 4.52. The molecule has 2 atom stereocenters. The van der Waals surface area contributed by atoms with Gasteiger partial charge in [-0.05, 0) is 25.2 Å². The molecule has 0 aromatic carbocycles. The molecular formula is C12H18N2O. The van der Waals surface area contributed by atoms with E-state index >= 15 is 0 Å². The summed E-state index contributed by atoms with van der Waals surface area (Å²) in [4.78, 5) is 18.6. The van der Waals surface area contributed by atoms with Gasteiger partial charge in [0, 0.05) is 12.8 Å². The summed E-state index contributed by atoms with van der Waals surface area (Å²) in [6.45, 7) is 3.82. The number of nitrogens with zero attached hydrogens (tertiary/aromatic N) is 1. The normalized spacial score (nSPS) is 25.7. The summed E-state index contributed by atoms with van der Waals surface area (Å²) in [5, 5.41) is 0. The molecule has 0 spiro atoms. The van der Waals surface area contributed by atoms with E-state index in [9.17, 15) is 4.79 Å². The number of imidazole rings is 1. The van der Waals surface area contributed by atoms with Crippen molar-refractivity contribution in [3.63, 3.8) is 0 Å². The number of carbonyl (C=O) groups is 1. The highest BCUT2D eigenvalue weighted by Gasteiger charge is 2.26. The van der Waals surface area contributed by atoms with Gasteiger partial charge in [-0.2, -0.15) is 0 Å². The van der Waals surface area contributed by atoms with Crippen LogP contribution in [0.25, 0.3) is 0 Å². The number of rotatable bonds is 3. The van der Waals surface area contributed by atoms with Gasteiger partial charge >= 0.3 is 0 Å². The van der Waals surface area contributed by atoms with Gasteiger partial charge in [0.2, 0.25) is 0 Å². The lowest BCUT2D eigenvalue weighted by Gasteiger charge is -2.06. The molecule has 0 aliphatic heterocycles. The Labute approximate surface area is 90.3 Å².